The summed E-state index contributed by atoms with van der Waals surface area (Å²) in [6.45, 7) is 0. The zero-order valence-electron chi connectivity index (χ0n) is 13.8. The molecule has 11 nitrogen and oxygen atoms in total. The van der Waals surface area contributed by atoms with Crippen LogP contribution in [0, 0.1) is 0 Å². The van der Waals surface area contributed by atoms with E-state index in [2.05, 4.69) is 10.3 Å². The third-order valence-corrected chi connectivity index (χ3v) is 5.04. The molecule has 2 heterocycles. The molecule has 0 bridgehead atoms. The highest BCUT2D eigenvalue weighted by molar-refractivity contribution is 7.51. The van der Waals surface area contributed by atoms with E-state index in [1.165, 1.54) is 6.20 Å². The fourth-order valence-corrected chi connectivity index (χ4v) is 3.53. The molecule has 0 amide bonds. The van der Waals surface area contributed by atoms with Crippen LogP contribution in [0.25, 0.3) is 11.3 Å². The molecule has 12 heteroatoms. The van der Waals surface area contributed by atoms with Crippen molar-refractivity contribution in [3.8, 4) is 11.3 Å². The first-order chi connectivity index (χ1) is 12.7. The number of ether oxygens (including phenoxy) is 1. The Balaban J connectivity index is 1.77. The minimum atomic E-state index is -4.54. The van der Waals surface area contributed by atoms with Gasteiger partial charge in [0, 0.05) is 11.1 Å². The van der Waals surface area contributed by atoms with Gasteiger partial charge < -0.3 is 29.8 Å². The van der Waals surface area contributed by atoms with Gasteiger partial charge in [0.1, 0.15) is 30.3 Å². The summed E-state index contributed by atoms with van der Waals surface area (Å²) in [6, 6.07) is 6.51. The van der Waals surface area contributed by atoms with Crippen LogP contribution in [0.2, 0.25) is 0 Å². The van der Waals surface area contributed by atoms with E-state index in [4.69, 9.17) is 14.5 Å². The SMILES string of the molecule is O=Cc1ccc(-c2cn([C@@H]3O[C@H]([C@H](O)CP(=O)(O)O)[C@@H](O)[C@H]3O)nn2)cc1. The molecule has 0 radical (unpaired) electrons. The summed E-state index contributed by atoms with van der Waals surface area (Å²) in [5.74, 6) is 0. The van der Waals surface area contributed by atoms with Gasteiger partial charge in [-0.15, -0.1) is 5.10 Å². The fraction of sp³-hybridized carbons (Fsp3) is 0.400. The van der Waals surface area contributed by atoms with Crippen molar-refractivity contribution in [2.75, 3.05) is 6.16 Å². The molecule has 1 fully saturated rings. The van der Waals surface area contributed by atoms with Crippen molar-refractivity contribution in [3.63, 3.8) is 0 Å². The van der Waals surface area contributed by atoms with E-state index >= 15 is 0 Å². The highest BCUT2D eigenvalue weighted by Crippen LogP contribution is 2.39. The third-order valence-electron chi connectivity index (χ3n) is 4.19. The van der Waals surface area contributed by atoms with E-state index in [1.54, 1.807) is 24.3 Å². The lowest BCUT2D eigenvalue weighted by molar-refractivity contribution is -0.0832. The van der Waals surface area contributed by atoms with E-state index in [-0.39, 0.29) is 0 Å². The molecule has 3 rings (SSSR count). The van der Waals surface area contributed by atoms with Gasteiger partial charge >= 0.3 is 7.60 Å². The van der Waals surface area contributed by atoms with E-state index in [0.29, 0.717) is 23.1 Å². The summed E-state index contributed by atoms with van der Waals surface area (Å²) in [7, 11) is -4.54. The van der Waals surface area contributed by atoms with Crippen LogP contribution < -0.4 is 0 Å². The average Bonchev–Trinajstić information content (AvgIpc) is 3.20. The van der Waals surface area contributed by atoms with Crippen LogP contribution in [0.3, 0.4) is 0 Å². The summed E-state index contributed by atoms with van der Waals surface area (Å²) in [6.07, 6.45) is -6.13. The number of hydrogen-bond acceptors (Lipinski definition) is 8. The molecule has 1 saturated heterocycles. The molecule has 146 valence electrons. The molecule has 27 heavy (non-hydrogen) atoms. The predicted octanol–water partition coefficient (Wildman–Crippen LogP) is -1.08. The molecular weight excluding hydrogens is 381 g/mol. The van der Waals surface area contributed by atoms with Crippen LogP contribution >= 0.6 is 7.60 Å². The maximum Gasteiger partial charge on any atom is 0.328 e. The van der Waals surface area contributed by atoms with Gasteiger partial charge in [-0.05, 0) is 0 Å². The Morgan fingerprint density at radius 1 is 1.22 bits per heavy atom. The van der Waals surface area contributed by atoms with Gasteiger partial charge in [-0.1, -0.05) is 29.5 Å². The highest BCUT2D eigenvalue weighted by atomic mass is 31.2. The van der Waals surface area contributed by atoms with Gasteiger partial charge in [0.25, 0.3) is 0 Å². The first kappa shape index (κ1) is 19.8. The number of nitrogens with zero attached hydrogens (tertiary/aromatic N) is 3. The van der Waals surface area contributed by atoms with E-state index in [0.717, 1.165) is 4.68 Å². The zero-order valence-corrected chi connectivity index (χ0v) is 14.7. The lowest BCUT2D eigenvalue weighted by Gasteiger charge is -2.21. The number of aliphatic hydroxyl groups is 3. The molecule has 5 N–H and O–H groups in total. The number of hydrogen-bond donors (Lipinski definition) is 5. The number of aromatic nitrogens is 3. The Morgan fingerprint density at radius 3 is 2.48 bits per heavy atom. The molecule has 0 saturated carbocycles. The van der Waals surface area contributed by atoms with Crippen LogP contribution in [0.4, 0.5) is 0 Å². The number of benzene rings is 1. The number of aldehydes is 1. The summed E-state index contributed by atoms with van der Waals surface area (Å²) in [5, 5.41) is 37.9. The first-order valence-electron chi connectivity index (χ1n) is 7.91. The molecule has 1 aliphatic rings. The van der Waals surface area contributed by atoms with Gasteiger partial charge in [0.2, 0.25) is 0 Å². The van der Waals surface area contributed by atoms with E-state index in [9.17, 15) is 24.7 Å². The molecule has 1 aromatic heterocycles. The second kappa shape index (κ2) is 7.56. The Morgan fingerprint density at radius 2 is 1.89 bits per heavy atom. The molecule has 0 aliphatic carbocycles. The molecule has 0 spiro atoms. The van der Waals surface area contributed by atoms with Crippen molar-refractivity contribution >= 4 is 13.9 Å². The largest absolute Gasteiger partial charge is 0.390 e. The quantitative estimate of drug-likeness (QED) is 0.297. The van der Waals surface area contributed by atoms with Crippen LogP contribution in [0.15, 0.2) is 30.5 Å². The first-order valence-corrected chi connectivity index (χ1v) is 9.71. The minimum absolute atomic E-state index is 0.414. The molecule has 5 atom stereocenters. The molecular formula is C15H18N3O8P. The maximum absolute atomic E-state index is 11.0. The highest BCUT2D eigenvalue weighted by Gasteiger charge is 2.48. The Kier molecular flexibility index (Phi) is 5.54. The molecule has 0 unspecified atom stereocenters. The Labute approximate surface area is 153 Å². The second-order valence-electron chi connectivity index (χ2n) is 6.21. The standard InChI is InChI=1S/C15H18N3O8P/c19-6-8-1-3-9(4-2-8)10-5-18(17-16-10)15-13(22)12(21)14(26-15)11(20)7-27(23,24)25/h1-6,11-15,20-22H,7H2,(H2,23,24,25)/t11-,12+,13-,14-,15-/m1/s1. The predicted molar refractivity (Wildman–Crippen MR) is 89.7 cm³/mol. The molecule has 1 aromatic carbocycles. The summed E-state index contributed by atoms with van der Waals surface area (Å²) in [5.41, 5.74) is 1.56. The average molecular weight is 399 g/mol. The van der Waals surface area contributed by atoms with Crippen LogP contribution in [0.1, 0.15) is 16.6 Å². The van der Waals surface area contributed by atoms with Gasteiger partial charge in [-0.25, -0.2) is 4.68 Å². The van der Waals surface area contributed by atoms with Crippen molar-refractivity contribution in [2.24, 2.45) is 0 Å². The van der Waals surface area contributed by atoms with Crippen molar-refractivity contribution < 1.29 is 39.2 Å². The van der Waals surface area contributed by atoms with Gasteiger partial charge in [0.15, 0.2) is 6.23 Å². The fourth-order valence-electron chi connectivity index (χ4n) is 2.84. The van der Waals surface area contributed by atoms with Crippen molar-refractivity contribution in [1.82, 2.24) is 15.0 Å². The van der Waals surface area contributed by atoms with Gasteiger partial charge in [-0.2, -0.15) is 0 Å². The second-order valence-corrected chi connectivity index (χ2v) is 7.91. The zero-order chi connectivity index (χ0) is 19.8. The number of aliphatic hydroxyl groups excluding tert-OH is 3. The van der Waals surface area contributed by atoms with Crippen molar-refractivity contribution in [2.45, 2.75) is 30.6 Å². The van der Waals surface area contributed by atoms with Crippen molar-refractivity contribution in [1.29, 1.82) is 0 Å². The smallest absolute Gasteiger partial charge is 0.328 e. The normalized spacial score (nSPS) is 26.9. The topological polar surface area (TPSA) is 175 Å². The van der Waals surface area contributed by atoms with Crippen LogP contribution in [0.5, 0.6) is 0 Å². The Hall–Kier alpha value is -1.98. The molecule has 2 aromatic rings. The molecule has 1 aliphatic heterocycles. The number of carbonyl (C=O) groups excluding carboxylic acids is 1. The van der Waals surface area contributed by atoms with Crippen LogP contribution in [-0.2, 0) is 9.30 Å². The van der Waals surface area contributed by atoms with Crippen LogP contribution in [-0.4, -0.2) is 77.0 Å². The number of carbonyl (C=O) groups is 1. The van der Waals surface area contributed by atoms with Gasteiger partial charge in [-0.3, -0.25) is 9.36 Å². The maximum atomic E-state index is 11.0. The summed E-state index contributed by atoms with van der Waals surface area (Å²) < 4.78 is 17.6. The lowest BCUT2D eigenvalue weighted by atomic mass is 10.1. The van der Waals surface area contributed by atoms with E-state index < -0.39 is 44.4 Å². The van der Waals surface area contributed by atoms with Gasteiger partial charge in [0.05, 0.1) is 18.5 Å². The van der Waals surface area contributed by atoms with Crippen molar-refractivity contribution in [3.05, 3.63) is 36.0 Å². The number of rotatable bonds is 6. The third kappa shape index (κ3) is 4.30. The summed E-state index contributed by atoms with van der Waals surface area (Å²) >= 11 is 0. The minimum Gasteiger partial charge on any atom is -0.390 e. The Bertz CT molecular complexity index is 851. The lowest BCUT2D eigenvalue weighted by Crippen LogP contribution is -2.40. The summed E-state index contributed by atoms with van der Waals surface area (Å²) in [4.78, 5) is 28.6. The van der Waals surface area contributed by atoms with E-state index in [1.807, 2.05) is 0 Å². The monoisotopic (exact) mass is 399 g/mol.